The topological polar surface area (TPSA) is 119 Å². The maximum atomic E-state index is 11.4. The fraction of sp³-hybridized carbons (Fsp3) is 0.440. The van der Waals surface area contributed by atoms with Crippen LogP contribution in [0.4, 0.5) is 0 Å². The molecule has 2 aromatic carbocycles. The summed E-state index contributed by atoms with van der Waals surface area (Å²) in [7, 11) is 7.66. The highest BCUT2D eigenvalue weighted by Crippen LogP contribution is 2.29. The lowest BCUT2D eigenvalue weighted by Crippen LogP contribution is -2.05. The van der Waals surface area contributed by atoms with E-state index in [0.717, 1.165) is 12.8 Å². The van der Waals surface area contributed by atoms with Crippen LogP contribution in [-0.2, 0) is 14.2 Å². The van der Waals surface area contributed by atoms with Gasteiger partial charge in [-0.05, 0) is 36.4 Å². The van der Waals surface area contributed by atoms with Crippen LogP contribution in [0.1, 0.15) is 33.6 Å². The standard InChI is InChI=1S/C13H18O5.C12H16O5/c1-15-7-4-8-18-12-9-10(13(14)17-3)5-6-11(12)16-2;1-15-6-3-7-17-11-8-9(12(13)14)4-5-10(11)16-2/h5-6,9H,4,7-8H2,1-3H3;4-5,8H,3,6-7H2,1-2H3,(H,13,14). The summed E-state index contributed by atoms with van der Waals surface area (Å²) in [6.07, 6.45) is 1.50. The number of aromatic carboxylic acids is 1. The summed E-state index contributed by atoms with van der Waals surface area (Å²) in [5.74, 6) is 0.668. The van der Waals surface area contributed by atoms with Gasteiger partial charge in [0.25, 0.3) is 0 Å². The first-order valence-corrected chi connectivity index (χ1v) is 10.8. The second kappa shape index (κ2) is 17.0. The summed E-state index contributed by atoms with van der Waals surface area (Å²) in [4.78, 5) is 22.2. The highest BCUT2D eigenvalue weighted by Gasteiger charge is 2.11. The second-order valence-corrected chi connectivity index (χ2v) is 6.92. The minimum Gasteiger partial charge on any atom is -0.493 e. The third-order valence-electron chi connectivity index (χ3n) is 4.50. The van der Waals surface area contributed by atoms with Crippen LogP contribution in [0.15, 0.2) is 36.4 Å². The molecular weight excluding hydrogens is 460 g/mol. The van der Waals surface area contributed by atoms with Crippen LogP contribution in [0.5, 0.6) is 23.0 Å². The van der Waals surface area contributed by atoms with Crippen molar-refractivity contribution >= 4 is 11.9 Å². The van der Waals surface area contributed by atoms with Crippen molar-refractivity contribution in [1.29, 1.82) is 0 Å². The molecule has 10 nitrogen and oxygen atoms in total. The quantitative estimate of drug-likeness (QED) is 0.307. The van der Waals surface area contributed by atoms with Gasteiger partial charge < -0.3 is 38.3 Å². The van der Waals surface area contributed by atoms with Crippen LogP contribution in [0.3, 0.4) is 0 Å². The Morgan fingerprint density at radius 2 is 1.11 bits per heavy atom. The zero-order valence-electron chi connectivity index (χ0n) is 20.8. The molecule has 0 saturated carbocycles. The lowest BCUT2D eigenvalue weighted by Gasteiger charge is -2.11. The molecule has 35 heavy (non-hydrogen) atoms. The molecule has 0 heterocycles. The zero-order valence-corrected chi connectivity index (χ0v) is 20.8. The first-order valence-electron chi connectivity index (χ1n) is 10.8. The molecule has 0 radical (unpaired) electrons. The van der Waals surface area contributed by atoms with Crippen LogP contribution < -0.4 is 18.9 Å². The molecule has 0 saturated heterocycles. The summed E-state index contributed by atoms with van der Waals surface area (Å²) in [6, 6.07) is 9.42. The molecule has 1 N–H and O–H groups in total. The summed E-state index contributed by atoms with van der Waals surface area (Å²) in [5, 5.41) is 8.87. The maximum absolute atomic E-state index is 11.4. The summed E-state index contributed by atoms with van der Waals surface area (Å²) >= 11 is 0. The van der Waals surface area contributed by atoms with E-state index in [1.807, 2.05) is 0 Å². The Bertz CT molecular complexity index is 913. The van der Waals surface area contributed by atoms with E-state index in [-0.39, 0.29) is 5.56 Å². The molecule has 0 aromatic heterocycles. The van der Waals surface area contributed by atoms with E-state index >= 15 is 0 Å². The number of rotatable bonds is 14. The Hall–Kier alpha value is -3.50. The third kappa shape index (κ3) is 10.5. The molecule has 2 rings (SSSR count). The van der Waals surface area contributed by atoms with Gasteiger partial charge in [-0.25, -0.2) is 9.59 Å². The smallest absolute Gasteiger partial charge is 0.337 e. The Morgan fingerprint density at radius 1 is 0.657 bits per heavy atom. The average molecular weight is 495 g/mol. The molecule has 0 aliphatic heterocycles. The number of carboxylic acids is 1. The average Bonchev–Trinajstić information content (AvgIpc) is 2.88. The van der Waals surface area contributed by atoms with Crippen LogP contribution >= 0.6 is 0 Å². The predicted octanol–water partition coefficient (Wildman–Crippen LogP) is 3.71. The van der Waals surface area contributed by atoms with Gasteiger partial charge in [0.05, 0.1) is 45.7 Å². The lowest BCUT2D eigenvalue weighted by molar-refractivity contribution is 0.0599. The van der Waals surface area contributed by atoms with Crippen molar-refractivity contribution in [2.24, 2.45) is 0 Å². The van der Waals surface area contributed by atoms with Gasteiger partial charge in [0, 0.05) is 40.3 Å². The number of carbonyl (C=O) groups is 2. The molecule has 0 unspecified atom stereocenters. The van der Waals surface area contributed by atoms with Crippen molar-refractivity contribution in [1.82, 2.24) is 0 Å². The normalized spacial score (nSPS) is 9.97. The Morgan fingerprint density at radius 3 is 1.51 bits per heavy atom. The molecular formula is C25H34O10. The number of benzene rings is 2. The van der Waals surface area contributed by atoms with E-state index in [1.54, 1.807) is 45.6 Å². The third-order valence-corrected chi connectivity index (χ3v) is 4.50. The van der Waals surface area contributed by atoms with E-state index in [1.165, 1.54) is 26.4 Å². The number of ether oxygens (including phenoxy) is 7. The summed E-state index contributed by atoms with van der Waals surface area (Å²) in [6.45, 7) is 2.17. The van der Waals surface area contributed by atoms with Crippen molar-refractivity contribution in [3.05, 3.63) is 47.5 Å². The molecule has 194 valence electrons. The van der Waals surface area contributed by atoms with Gasteiger partial charge in [-0.2, -0.15) is 0 Å². The van der Waals surface area contributed by atoms with Gasteiger partial charge in [0.2, 0.25) is 0 Å². The Balaban J connectivity index is 0.000000351. The number of esters is 1. The van der Waals surface area contributed by atoms with Crippen molar-refractivity contribution in [2.45, 2.75) is 12.8 Å². The van der Waals surface area contributed by atoms with Gasteiger partial charge in [0.15, 0.2) is 23.0 Å². The van der Waals surface area contributed by atoms with Crippen LogP contribution in [-0.4, -0.2) is 79.0 Å². The largest absolute Gasteiger partial charge is 0.493 e. The molecule has 0 aliphatic rings. The SMILES string of the molecule is COCCCOc1cc(C(=O)O)ccc1OC.COCCCOc1cc(C(=O)OC)ccc1OC. The van der Waals surface area contributed by atoms with Crippen molar-refractivity contribution in [2.75, 3.05) is 62.0 Å². The fourth-order valence-corrected chi connectivity index (χ4v) is 2.73. The second-order valence-electron chi connectivity index (χ2n) is 6.92. The predicted molar refractivity (Wildman–Crippen MR) is 128 cm³/mol. The van der Waals surface area contributed by atoms with Crippen molar-refractivity contribution in [3.63, 3.8) is 0 Å². The van der Waals surface area contributed by atoms with E-state index in [2.05, 4.69) is 4.74 Å². The maximum Gasteiger partial charge on any atom is 0.337 e. The van der Waals surface area contributed by atoms with Crippen LogP contribution in [0.25, 0.3) is 0 Å². The van der Waals surface area contributed by atoms with Crippen molar-refractivity contribution < 1.29 is 47.9 Å². The highest BCUT2D eigenvalue weighted by atomic mass is 16.5. The molecule has 10 heteroatoms. The first kappa shape index (κ1) is 29.5. The van der Waals surface area contributed by atoms with E-state index in [4.69, 9.17) is 33.5 Å². The van der Waals surface area contributed by atoms with Gasteiger partial charge >= 0.3 is 11.9 Å². The summed E-state index contributed by atoms with van der Waals surface area (Å²) in [5.41, 5.74) is 0.604. The number of methoxy groups -OCH3 is 5. The van der Waals surface area contributed by atoms with Gasteiger partial charge in [-0.1, -0.05) is 0 Å². The van der Waals surface area contributed by atoms with E-state index < -0.39 is 11.9 Å². The highest BCUT2D eigenvalue weighted by molar-refractivity contribution is 5.90. The summed E-state index contributed by atoms with van der Waals surface area (Å²) < 4.78 is 35.7. The molecule has 0 aliphatic carbocycles. The molecule has 0 bridgehead atoms. The molecule has 0 spiro atoms. The Kier molecular flexibility index (Phi) is 14.4. The van der Waals surface area contributed by atoms with E-state index in [0.29, 0.717) is 55.0 Å². The lowest BCUT2D eigenvalue weighted by atomic mass is 10.2. The molecule has 0 fully saturated rings. The fourth-order valence-electron chi connectivity index (χ4n) is 2.73. The minimum absolute atomic E-state index is 0.174. The van der Waals surface area contributed by atoms with E-state index in [9.17, 15) is 9.59 Å². The first-order chi connectivity index (χ1) is 16.9. The number of carboxylic acid groups (broad SMARTS) is 1. The Labute approximate surface area is 205 Å². The molecule has 2 aromatic rings. The van der Waals surface area contributed by atoms with Gasteiger partial charge in [-0.15, -0.1) is 0 Å². The molecule has 0 amide bonds. The molecule has 0 atom stereocenters. The van der Waals surface area contributed by atoms with Crippen molar-refractivity contribution in [3.8, 4) is 23.0 Å². The number of hydrogen-bond acceptors (Lipinski definition) is 9. The number of carbonyl (C=O) groups excluding carboxylic acids is 1. The minimum atomic E-state index is -0.991. The van der Waals surface area contributed by atoms with Crippen LogP contribution in [0.2, 0.25) is 0 Å². The monoisotopic (exact) mass is 494 g/mol. The zero-order chi connectivity index (χ0) is 26.1. The number of hydrogen-bond donors (Lipinski definition) is 1. The van der Waals surface area contributed by atoms with Gasteiger partial charge in [-0.3, -0.25) is 0 Å². The van der Waals surface area contributed by atoms with Gasteiger partial charge in [0.1, 0.15) is 0 Å². The van der Waals surface area contributed by atoms with Crippen LogP contribution in [0, 0.1) is 0 Å².